The summed E-state index contributed by atoms with van der Waals surface area (Å²) in [6, 6.07) is 5.71. The summed E-state index contributed by atoms with van der Waals surface area (Å²) in [5.74, 6) is 0.432. The molecule has 0 aromatic heterocycles. The van der Waals surface area contributed by atoms with Gasteiger partial charge in [0.25, 0.3) is 0 Å². The van der Waals surface area contributed by atoms with Crippen molar-refractivity contribution in [2.24, 2.45) is 11.8 Å². The third kappa shape index (κ3) is 5.48. The van der Waals surface area contributed by atoms with E-state index in [9.17, 15) is 14.4 Å². The molecule has 0 saturated carbocycles. The van der Waals surface area contributed by atoms with Crippen molar-refractivity contribution >= 4 is 17.8 Å². The van der Waals surface area contributed by atoms with E-state index in [1.54, 1.807) is 30.9 Å². The molecule has 1 aromatic carbocycles. The first-order valence-electron chi connectivity index (χ1n) is 10.9. The molecule has 2 fully saturated rings. The van der Waals surface area contributed by atoms with Crippen LogP contribution >= 0.6 is 0 Å². The van der Waals surface area contributed by atoms with Crippen LogP contribution in [0.2, 0.25) is 0 Å². The summed E-state index contributed by atoms with van der Waals surface area (Å²) in [7, 11) is 3.18. The quantitative estimate of drug-likeness (QED) is 0.584. The first-order valence-corrected chi connectivity index (χ1v) is 10.9. The van der Waals surface area contributed by atoms with Gasteiger partial charge in [-0.2, -0.15) is 0 Å². The summed E-state index contributed by atoms with van der Waals surface area (Å²) in [5.41, 5.74) is 1.04. The molecule has 2 saturated heterocycles. The molecule has 0 spiro atoms. The molecule has 2 aliphatic rings. The number of esters is 1. The van der Waals surface area contributed by atoms with Crippen molar-refractivity contribution in [3.63, 3.8) is 0 Å². The van der Waals surface area contributed by atoms with Gasteiger partial charge in [0.05, 0.1) is 32.7 Å². The molecule has 2 heterocycles. The summed E-state index contributed by atoms with van der Waals surface area (Å²) >= 11 is 0. The Morgan fingerprint density at radius 2 is 1.87 bits per heavy atom. The van der Waals surface area contributed by atoms with E-state index < -0.39 is 0 Å². The van der Waals surface area contributed by atoms with Gasteiger partial charge in [-0.15, -0.1) is 0 Å². The van der Waals surface area contributed by atoms with Crippen LogP contribution in [0, 0.1) is 11.8 Å². The molecule has 2 amide bonds. The summed E-state index contributed by atoms with van der Waals surface area (Å²) in [6.45, 7) is 4.11. The number of likely N-dealkylation sites (tertiary alicyclic amines) is 2. The lowest BCUT2D eigenvalue weighted by atomic mass is 9.96. The van der Waals surface area contributed by atoms with Crippen molar-refractivity contribution in [1.82, 2.24) is 9.80 Å². The van der Waals surface area contributed by atoms with E-state index in [2.05, 4.69) is 0 Å². The van der Waals surface area contributed by atoms with E-state index in [0.29, 0.717) is 50.7 Å². The molecule has 2 aliphatic heterocycles. The van der Waals surface area contributed by atoms with Gasteiger partial charge in [0.1, 0.15) is 0 Å². The fourth-order valence-corrected chi connectivity index (χ4v) is 4.34. The Hall–Kier alpha value is -2.77. The maximum Gasteiger partial charge on any atom is 0.310 e. The maximum absolute atomic E-state index is 13.0. The summed E-state index contributed by atoms with van der Waals surface area (Å²) < 4.78 is 15.7. The molecule has 31 heavy (non-hydrogen) atoms. The van der Waals surface area contributed by atoms with Crippen molar-refractivity contribution in [2.75, 3.05) is 47.0 Å². The van der Waals surface area contributed by atoms with Crippen molar-refractivity contribution in [1.29, 1.82) is 0 Å². The molecular weight excluding hydrogens is 400 g/mol. The van der Waals surface area contributed by atoms with Crippen LogP contribution in [-0.4, -0.2) is 74.6 Å². The highest BCUT2D eigenvalue weighted by Gasteiger charge is 2.38. The summed E-state index contributed by atoms with van der Waals surface area (Å²) in [5, 5.41) is 0. The molecule has 0 radical (unpaired) electrons. The number of carbonyl (C=O) groups excluding carboxylic acids is 3. The highest BCUT2D eigenvalue weighted by molar-refractivity contribution is 5.89. The van der Waals surface area contributed by atoms with Gasteiger partial charge in [-0.05, 0) is 43.9 Å². The highest BCUT2D eigenvalue weighted by Crippen LogP contribution is 2.29. The number of carbonyl (C=O) groups is 3. The van der Waals surface area contributed by atoms with E-state index in [1.165, 1.54) is 0 Å². The Morgan fingerprint density at radius 3 is 2.58 bits per heavy atom. The molecule has 1 aromatic rings. The third-order valence-corrected chi connectivity index (χ3v) is 6.04. The molecular formula is C23H32N2O6. The van der Waals surface area contributed by atoms with Crippen molar-refractivity contribution in [2.45, 2.75) is 32.6 Å². The molecule has 8 heteroatoms. The fourth-order valence-electron chi connectivity index (χ4n) is 4.34. The number of methoxy groups -OCH3 is 2. The van der Waals surface area contributed by atoms with Crippen LogP contribution in [0.4, 0.5) is 0 Å². The van der Waals surface area contributed by atoms with Crippen LogP contribution in [0.5, 0.6) is 11.5 Å². The zero-order valence-electron chi connectivity index (χ0n) is 18.6. The number of benzene rings is 1. The number of ether oxygens (including phenoxy) is 3. The fraction of sp³-hybridized carbons (Fsp3) is 0.609. The minimum Gasteiger partial charge on any atom is -0.493 e. The summed E-state index contributed by atoms with van der Waals surface area (Å²) in [4.78, 5) is 41.1. The van der Waals surface area contributed by atoms with E-state index in [4.69, 9.17) is 14.2 Å². The van der Waals surface area contributed by atoms with Gasteiger partial charge in [-0.3, -0.25) is 14.4 Å². The van der Waals surface area contributed by atoms with E-state index in [1.807, 2.05) is 18.2 Å². The second kappa shape index (κ2) is 10.5. The van der Waals surface area contributed by atoms with Crippen LogP contribution < -0.4 is 9.47 Å². The minimum absolute atomic E-state index is 0.00206. The maximum atomic E-state index is 13.0. The Kier molecular flexibility index (Phi) is 7.76. The Balaban J connectivity index is 1.55. The van der Waals surface area contributed by atoms with Gasteiger partial charge in [-0.25, -0.2) is 0 Å². The van der Waals surface area contributed by atoms with Gasteiger partial charge in [-0.1, -0.05) is 6.07 Å². The molecule has 0 N–H and O–H groups in total. The first-order chi connectivity index (χ1) is 15.0. The zero-order valence-corrected chi connectivity index (χ0v) is 18.6. The van der Waals surface area contributed by atoms with Gasteiger partial charge in [0.15, 0.2) is 11.5 Å². The Bertz CT molecular complexity index is 811. The van der Waals surface area contributed by atoms with Crippen molar-refractivity contribution < 1.29 is 28.6 Å². The monoisotopic (exact) mass is 432 g/mol. The number of amides is 2. The number of hydrogen-bond acceptors (Lipinski definition) is 6. The van der Waals surface area contributed by atoms with Crippen LogP contribution in [-0.2, 0) is 25.5 Å². The largest absolute Gasteiger partial charge is 0.493 e. The van der Waals surface area contributed by atoms with Crippen LogP contribution in [0.3, 0.4) is 0 Å². The van der Waals surface area contributed by atoms with Gasteiger partial charge < -0.3 is 24.0 Å². The lowest BCUT2D eigenvalue weighted by Gasteiger charge is -2.33. The van der Waals surface area contributed by atoms with Crippen LogP contribution in [0.25, 0.3) is 0 Å². The minimum atomic E-state index is -0.348. The lowest BCUT2D eigenvalue weighted by molar-refractivity contribution is -0.152. The van der Waals surface area contributed by atoms with Crippen molar-refractivity contribution in [3.05, 3.63) is 23.8 Å². The van der Waals surface area contributed by atoms with Crippen molar-refractivity contribution in [3.8, 4) is 11.5 Å². The third-order valence-electron chi connectivity index (χ3n) is 6.04. The van der Waals surface area contributed by atoms with Gasteiger partial charge >= 0.3 is 5.97 Å². The lowest BCUT2D eigenvalue weighted by Crippen LogP contribution is -2.45. The second-order valence-electron chi connectivity index (χ2n) is 8.06. The van der Waals surface area contributed by atoms with Crippen LogP contribution in [0.1, 0.15) is 31.7 Å². The standard InChI is InChI=1S/C23H32N2O6/c1-4-31-23(28)17-6-5-10-25(14-17)22(27)18-13-21(26)24(15-18)11-9-16-7-8-19(29-2)20(12-16)30-3/h7-8,12,17-18H,4-6,9-11,13-15H2,1-3H3/t17-,18-/m1/s1. The van der Waals surface area contributed by atoms with Gasteiger partial charge in [0, 0.05) is 32.6 Å². The normalized spacial score (nSPS) is 21.2. The van der Waals surface area contributed by atoms with E-state index in [0.717, 1.165) is 18.4 Å². The average molecular weight is 433 g/mol. The predicted octanol–water partition coefficient (Wildman–Crippen LogP) is 1.90. The molecule has 0 unspecified atom stereocenters. The number of nitrogens with zero attached hydrogens (tertiary/aromatic N) is 2. The Labute approximate surface area is 183 Å². The predicted molar refractivity (Wildman–Crippen MR) is 114 cm³/mol. The highest BCUT2D eigenvalue weighted by atomic mass is 16.5. The topological polar surface area (TPSA) is 85.4 Å². The molecule has 0 bridgehead atoms. The molecule has 8 nitrogen and oxygen atoms in total. The smallest absolute Gasteiger partial charge is 0.310 e. The Morgan fingerprint density at radius 1 is 1.10 bits per heavy atom. The van der Waals surface area contributed by atoms with E-state index >= 15 is 0 Å². The average Bonchev–Trinajstić information content (AvgIpc) is 3.17. The number of rotatable bonds is 8. The number of piperidine rings is 1. The molecule has 170 valence electrons. The van der Waals surface area contributed by atoms with E-state index in [-0.39, 0.29) is 36.0 Å². The summed E-state index contributed by atoms with van der Waals surface area (Å²) in [6.07, 6.45) is 2.41. The zero-order chi connectivity index (χ0) is 22.4. The SMILES string of the molecule is CCOC(=O)[C@@H]1CCCN(C(=O)[C@@H]2CC(=O)N(CCc3ccc(OC)c(OC)c3)C2)C1. The van der Waals surface area contributed by atoms with Gasteiger partial charge in [0.2, 0.25) is 11.8 Å². The molecule has 3 rings (SSSR count). The first kappa shape index (κ1) is 22.9. The van der Waals surface area contributed by atoms with Crippen LogP contribution in [0.15, 0.2) is 18.2 Å². The molecule has 2 atom stereocenters. The second-order valence-corrected chi connectivity index (χ2v) is 8.06. The molecule has 0 aliphatic carbocycles. The number of hydrogen-bond donors (Lipinski definition) is 0.